The van der Waals surface area contributed by atoms with Crippen LogP contribution in [-0.4, -0.2) is 26.3 Å². The first-order valence-corrected chi connectivity index (χ1v) is 5.54. The SMILES string of the molecule is CN(CC1CCCO1)c1ccc(N)cc1F. The molecular weight excluding hydrogens is 207 g/mol. The van der Waals surface area contributed by atoms with Gasteiger partial charge in [0, 0.05) is 25.9 Å². The van der Waals surface area contributed by atoms with Crippen LogP contribution in [0.25, 0.3) is 0 Å². The summed E-state index contributed by atoms with van der Waals surface area (Å²) in [5, 5.41) is 0. The Balaban J connectivity index is 2.04. The van der Waals surface area contributed by atoms with E-state index in [4.69, 9.17) is 10.5 Å². The summed E-state index contributed by atoms with van der Waals surface area (Å²) in [5.41, 5.74) is 6.53. The van der Waals surface area contributed by atoms with Crippen molar-refractivity contribution >= 4 is 11.4 Å². The molecule has 0 bridgehead atoms. The molecule has 1 aromatic carbocycles. The molecule has 1 fully saturated rings. The third kappa shape index (κ3) is 2.44. The number of nitrogens with zero attached hydrogens (tertiary/aromatic N) is 1. The van der Waals surface area contributed by atoms with Crippen LogP contribution >= 0.6 is 0 Å². The average molecular weight is 224 g/mol. The maximum absolute atomic E-state index is 13.6. The van der Waals surface area contributed by atoms with E-state index in [2.05, 4.69) is 0 Å². The first-order valence-electron chi connectivity index (χ1n) is 5.54. The number of rotatable bonds is 3. The van der Waals surface area contributed by atoms with E-state index < -0.39 is 0 Å². The van der Waals surface area contributed by atoms with Crippen molar-refractivity contribution in [3.8, 4) is 0 Å². The zero-order valence-corrected chi connectivity index (χ0v) is 9.45. The van der Waals surface area contributed by atoms with Gasteiger partial charge in [0.15, 0.2) is 0 Å². The van der Waals surface area contributed by atoms with E-state index in [0.29, 0.717) is 11.4 Å². The summed E-state index contributed by atoms with van der Waals surface area (Å²) in [7, 11) is 1.87. The lowest BCUT2D eigenvalue weighted by molar-refractivity contribution is 0.116. The smallest absolute Gasteiger partial charge is 0.148 e. The predicted molar refractivity (Wildman–Crippen MR) is 63.1 cm³/mol. The van der Waals surface area contributed by atoms with Crippen molar-refractivity contribution in [1.29, 1.82) is 0 Å². The fraction of sp³-hybridized carbons (Fsp3) is 0.500. The summed E-state index contributed by atoms with van der Waals surface area (Å²) >= 11 is 0. The van der Waals surface area contributed by atoms with Gasteiger partial charge in [0.1, 0.15) is 5.82 Å². The summed E-state index contributed by atoms with van der Waals surface area (Å²) < 4.78 is 19.1. The highest BCUT2D eigenvalue weighted by atomic mass is 19.1. The molecule has 0 amide bonds. The standard InChI is InChI=1S/C12H17FN2O/c1-15(8-10-3-2-6-16-10)12-5-4-9(14)7-11(12)13/h4-5,7,10H,2-3,6,8,14H2,1H3. The maximum atomic E-state index is 13.6. The fourth-order valence-corrected chi connectivity index (χ4v) is 2.02. The fourth-order valence-electron chi connectivity index (χ4n) is 2.02. The molecule has 0 spiro atoms. The Morgan fingerprint density at radius 2 is 2.38 bits per heavy atom. The van der Waals surface area contributed by atoms with Gasteiger partial charge in [0.25, 0.3) is 0 Å². The average Bonchev–Trinajstić information content (AvgIpc) is 2.70. The van der Waals surface area contributed by atoms with Crippen molar-refractivity contribution in [1.82, 2.24) is 0 Å². The topological polar surface area (TPSA) is 38.5 Å². The van der Waals surface area contributed by atoms with E-state index in [1.807, 2.05) is 11.9 Å². The van der Waals surface area contributed by atoms with Gasteiger partial charge in [-0.05, 0) is 31.0 Å². The van der Waals surface area contributed by atoms with E-state index in [9.17, 15) is 4.39 Å². The van der Waals surface area contributed by atoms with Crippen LogP contribution in [-0.2, 0) is 4.74 Å². The first-order chi connectivity index (χ1) is 7.66. The van der Waals surface area contributed by atoms with Crippen molar-refractivity contribution in [3.63, 3.8) is 0 Å². The van der Waals surface area contributed by atoms with Gasteiger partial charge in [0.2, 0.25) is 0 Å². The minimum Gasteiger partial charge on any atom is -0.399 e. The van der Waals surface area contributed by atoms with Crippen molar-refractivity contribution in [2.45, 2.75) is 18.9 Å². The Morgan fingerprint density at radius 3 is 3.00 bits per heavy atom. The maximum Gasteiger partial charge on any atom is 0.148 e. The first kappa shape index (κ1) is 11.2. The highest BCUT2D eigenvalue weighted by molar-refractivity contribution is 5.54. The molecule has 16 heavy (non-hydrogen) atoms. The third-order valence-electron chi connectivity index (χ3n) is 2.88. The van der Waals surface area contributed by atoms with Gasteiger partial charge in [-0.15, -0.1) is 0 Å². The third-order valence-corrected chi connectivity index (χ3v) is 2.88. The van der Waals surface area contributed by atoms with Crippen LogP contribution in [0.1, 0.15) is 12.8 Å². The summed E-state index contributed by atoms with van der Waals surface area (Å²) in [6.45, 7) is 1.55. The summed E-state index contributed by atoms with van der Waals surface area (Å²) in [5.74, 6) is -0.277. The van der Waals surface area contributed by atoms with E-state index in [0.717, 1.165) is 26.0 Å². The molecular formula is C12H17FN2O. The summed E-state index contributed by atoms with van der Waals surface area (Å²) in [6.07, 6.45) is 2.38. The van der Waals surface area contributed by atoms with Gasteiger partial charge in [-0.2, -0.15) is 0 Å². The van der Waals surface area contributed by atoms with Gasteiger partial charge in [-0.1, -0.05) is 0 Å². The molecule has 1 atom stereocenters. The molecule has 0 saturated carbocycles. The highest BCUT2D eigenvalue weighted by Crippen LogP contribution is 2.22. The van der Waals surface area contributed by atoms with E-state index >= 15 is 0 Å². The second-order valence-corrected chi connectivity index (χ2v) is 4.23. The molecule has 1 aliphatic heterocycles. The number of hydrogen-bond acceptors (Lipinski definition) is 3. The van der Waals surface area contributed by atoms with Crippen LogP contribution in [0, 0.1) is 5.82 Å². The number of likely N-dealkylation sites (N-methyl/N-ethyl adjacent to an activating group) is 1. The van der Waals surface area contributed by atoms with Crippen LogP contribution in [0.2, 0.25) is 0 Å². The minimum atomic E-state index is -0.277. The lowest BCUT2D eigenvalue weighted by atomic mass is 10.2. The molecule has 3 nitrogen and oxygen atoms in total. The minimum absolute atomic E-state index is 0.224. The molecule has 0 aliphatic carbocycles. The molecule has 4 heteroatoms. The van der Waals surface area contributed by atoms with E-state index in [1.54, 1.807) is 12.1 Å². The molecule has 1 unspecified atom stereocenters. The number of nitrogens with two attached hydrogens (primary N) is 1. The zero-order chi connectivity index (χ0) is 11.5. The largest absolute Gasteiger partial charge is 0.399 e. The second-order valence-electron chi connectivity index (χ2n) is 4.23. The number of nitrogen functional groups attached to an aromatic ring is 1. The molecule has 88 valence electrons. The lowest BCUT2D eigenvalue weighted by Gasteiger charge is -2.23. The molecule has 1 saturated heterocycles. The van der Waals surface area contributed by atoms with Gasteiger partial charge in [0.05, 0.1) is 11.8 Å². The van der Waals surface area contributed by atoms with Gasteiger partial charge in [-0.3, -0.25) is 0 Å². The van der Waals surface area contributed by atoms with Crippen molar-refractivity contribution in [2.75, 3.05) is 30.8 Å². The molecule has 2 rings (SSSR count). The van der Waals surface area contributed by atoms with Gasteiger partial charge >= 0.3 is 0 Å². The lowest BCUT2D eigenvalue weighted by Crippen LogP contribution is -2.29. The Bertz CT molecular complexity index is 364. The van der Waals surface area contributed by atoms with Crippen LogP contribution in [0.3, 0.4) is 0 Å². The number of benzene rings is 1. The van der Waals surface area contributed by atoms with Crippen LogP contribution in [0.4, 0.5) is 15.8 Å². The number of hydrogen-bond donors (Lipinski definition) is 1. The number of anilines is 2. The van der Waals surface area contributed by atoms with Crippen LogP contribution in [0.5, 0.6) is 0 Å². The van der Waals surface area contributed by atoms with Crippen molar-refractivity contribution in [2.24, 2.45) is 0 Å². The molecule has 0 radical (unpaired) electrons. The van der Waals surface area contributed by atoms with Crippen molar-refractivity contribution in [3.05, 3.63) is 24.0 Å². The van der Waals surface area contributed by atoms with E-state index in [1.165, 1.54) is 6.07 Å². The number of ether oxygens (including phenoxy) is 1. The zero-order valence-electron chi connectivity index (χ0n) is 9.45. The van der Waals surface area contributed by atoms with Crippen molar-refractivity contribution < 1.29 is 9.13 Å². The molecule has 1 aliphatic rings. The Labute approximate surface area is 95.0 Å². The highest BCUT2D eigenvalue weighted by Gasteiger charge is 2.18. The monoisotopic (exact) mass is 224 g/mol. The summed E-state index contributed by atoms with van der Waals surface area (Å²) in [4.78, 5) is 1.88. The predicted octanol–water partition coefficient (Wildman–Crippen LogP) is 2.02. The van der Waals surface area contributed by atoms with Crippen LogP contribution < -0.4 is 10.6 Å². The molecule has 1 heterocycles. The quantitative estimate of drug-likeness (QED) is 0.798. The summed E-state index contributed by atoms with van der Waals surface area (Å²) in [6, 6.07) is 4.77. The second kappa shape index (κ2) is 4.70. The van der Waals surface area contributed by atoms with E-state index in [-0.39, 0.29) is 11.9 Å². The Kier molecular flexibility index (Phi) is 3.29. The Hall–Kier alpha value is -1.29. The number of halogens is 1. The Morgan fingerprint density at radius 1 is 1.56 bits per heavy atom. The molecule has 2 N–H and O–H groups in total. The molecule has 0 aromatic heterocycles. The normalized spacial score (nSPS) is 20.0. The van der Waals surface area contributed by atoms with Crippen LogP contribution in [0.15, 0.2) is 18.2 Å². The van der Waals surface area contributed by atoms with Gasteiger partial charge in [-0.25, -0.2) is 4.39 Å². The van der Waals surface area contributed by atoms with Gasteiger partial charge < -0.3 is 15.4 Å². The molecule has 1 aromatic rings.